The molecule has 0 spiro atoms. The molecule has 0 aliphatic carbocycles. The normalized spacial score (nSPS) is 10.5. The van der Waals surface area contributed by atoms with Crippen LogP contribution in [-0.4, -0.2) is 32.7 Å². The van der Waals surface area contributed by atoms with Gasteiger partial charge in [0.05, 0.1) is 10.7 Å². The summed E-state index contributed by atoms with van der Waals surface area (Å²) in [6, 6.07) is 9.01. The topological polar surface area (TPSA) is 81.9 Å². The fourth-order valence-electron chi connectivity index (χ4n) is 2.19. The smallest absolute Gasteiger partial charge is 0.262 e. The van der Waals surface area contributed by atoms with Gasteiger partial charge in [0.1, 0.15) is 17.9 Å². The van der Waals surface area contributed by atoms with Crippen molar-refractivity contribution in [1.29, 1.82) is 0 Å². The van der Waals surface area contributed by atoms with Gasteiger partial charge in [-0.05, 0) is 59.3 Å². The number of benzene rings is 2. The van der Waals surface area contributed by atoms with Crippen LogP contribution in [0.2, 0.25) is 5.02 Å². The van der Waals surface area contributed by atoms with Crippen LogP contribution in [0.25, 0.3) is 5.69 Å². The van der Waals surface area contributed by atoms with E-state index in [1.807, 2.05) is 6.92 Å². The molecule has 0 unspecified atom stereocenters. The summed E-state index contributed by atoms with van der Waals surface area (Å²) in [5.41, 5.74) is 2.29. The molecule has 0 atom stereocenters. The Kier molecular flexibility index (Phi) is 4.90. The number of anilines is 1. The lowest BCUT2D eigenvalue weighted by molar-refractivity contribution is -0.118. The number of halogens is 2. The fourth-order valence-corrected chi connectivity index (χ4v) is 2.42. The van der Waals surface area contributed by atoms with Crippen LogP contribution in [-0.2, 0) is 4.79 Å². The maximum absolute atomic E-state index is 13.0. The SMILES string of the molecule is Cc1cc(NC(=O)COc2ccc(F)cc2Cl)ccc1-n1cnnn1. The molecule has 9 heteroatoms. The molecule has 0 fully saturated rings. The molecule has 0 aliphatic heterocycles. The first kappa shape index (κ1) is 16.8. The van der Waals surface area contributed by atoms with E-state index in [-0.39, 0.29) is 23.3 Å². The van der Waals surface area contributed by atoms with Crippen LogP contribution >= 0.6 is 11.6 Å². The second-order valence-electron chi connectivity index (χ2n) is 5.17. The highest BCUT2D eigenvalue weighted by Crippen LogP contribution is 2.25. The first-order valence-electron chi connectivity index (χ1n) is 7.24. The summed E-state index contributed by atoms with van der Waals surface area (Å²) in [5.74, 6) is -0.599. The van der Waals surface area contributed by atoms with Crippen LogP contribution in [0.4, 0.5) is 10.1 Å². The average molecular weight is 362 g/mol. The summed E-state index contributed by atoms with van der Waals surface area (Å²) in [7, 11) is 0. The Hall–Kier alpha value is -3.00. The molecular weight excluding hydrogens is 349 g/mol. The molecule has 0 saturated heterocycles. The zero-order chi connectivity index (χ0) is 17.8. The highest BCUT2D eigenvalue weighted by Gasteiger charge is 2.09. The number of ether oxygens (including phenoxy) is 1. The van der Waals surface area contributed by atoms with Crippen molar-refractivity contribution in [3.8, 4) is 11.4 Å². The number of carbonyl (C=O) groups excluding carboxylic acids is 1. The summed E-state index contributed by atoms with van der Waals surface area (Å²) >= 11 is 5.85. The number of amides is 1. The van der Waals surface area contributed by atoms with Crippen LogP contribution in [0.3, 0.4) is 0 Å². The monoisotopic (exact) mass is 361 g/mol. The Morgan fingerprint density at radius 3 is 2.84 bits per heavy atom. The van der Waals surface area contributed by atoms with Gasteiger partial charge in [-0.3, -0.25) is 4.79 Å². The maximum Gasteiger partial charge on any atom is 0.262 e. The number of tetrazole rings is 1. The molecule has 25 heavy (non-hydrogen) atoms. The summed E-state index contributed by atoms with van der Waals surface area (Å²) < 4.78 is 19.8. The van der Waals surface area contributed by atoms with Crippen molar-refractivity contribution in [3.63, 3.8) is 0 Å². The molecule has 3 rings (SSSR count). The third-order valence-electron chi connectivity index (χ3n) is 3.33. The third kappa shape index (κ3) is 4.10. The third-order valence-corrected chi connectivity index (χ3v) is 3.62. The van der Waals surface area contributed by atoms with E-state index in [2.05, 4.69) is 20.8 Å². The fraction of sp³-hybridized carbons (Fsp3) is 0.125. The predicted octanol–water partition coefficient (Wildman–Crippen LogP) is 2.78. The number of aryl methyl sites for hydroxylation is 1. The number of hydrogen-bond donors (Lipinski definition) is 1. The summed E-state index contributed by atoms with van der Waals surface area (Å²) in [6.07, 6.45) is 1.49. The van der Waals surface area contributed by atoms with Gasteiger partial charge < -0.3 is 10.1 Å². The van der Waals surface area contributed by atoms with Gasteiger partial charge in [0.25, 0.3) is 5.91 Å². The first-order valence-corrected chi connectivity index (χ1v) is 7.62. The lowest BCUT2D eigenvalue weighted by Gasteiger charge is -2.10. The zero-order valence-corrected chi connectivity index (χ0v) is 13.9. The van der Waals surface area contributed by atoms with Gasteiger partial charge in [-0.1, -0.05) is 11.6 Å². The van der Waals surface area contributed by atoms with Crippen LogP contribution in [0.15, 0.2) is 42.7 Å². The van der Waals surface area contributed by atoms with E-state index in [1.54, 1.807) is 18.2 Å². The Bertz CT molecular complexity index is 902. The number of carbonyl (C=O) groups is 1. The van der Waals surface area contributed by atoms with Gasteiger partial charge in [-0.2, -0.15) is 0 Å². The van der Waals surface area contributed by atoms with Gasteiger partial charge in [-0.15, -0.1) is 5.10 Å². The number of rotatable bonds is 5. The second kappa shape index (κ2) is 7.27. The van der Waals surface area contributed by atoms with E-state index in [0.717, 1.165) is 17.3 Å². The van der Waals surface area contributed by atoms with Crippen molar-refractivity contribution in [2.75, 3.05) is 11.9 Å². The Labute approximate surface area is 147 Å². The molecule has 0 radical (unpaired) electrons. The molecule has 1 aromatic heterocycles. The van der Waals surface area contributed by atoms with Gasteiger partial charge >= 0.3 is 0 Å². The number of aromatic nitrogens is 4. The minimum absolute atomic E-state index is 0.106. The molecule has 0 aliphatic rings. The van der Waals surface area contributed by atoms with Gasteiger partial charge in [0, 0.05) is 5.69 Å². The second-order valence-corrected chi connectivity index (χ2v) is 5.57. The van der Waals surface area contributed by atoms with Crippen molar-refractivity contribution in [1.82, 2.24) is 20.2 Å². The van der Waals surface area contributed by atoms with Crippen molar-refractivity contribution in [2.24, 2.45) is 0 Å². The summed E-state index contributed by atoms with van der Waals surface area (Å²) in [4.78, 5) is 12.0. The van der Waals surface area contributed by atoms with Crippen LogP contribution in [0, 0.1) is 12.7 Å². The summed E-state index contributed by atoms with van der Waals surface area (Å²) in [6.45, 7) is 1.63. The number of nitrogens with one attached hydrogen (secondary N) is 1. The number of hydrogen-bond acceptors (Lipinski definition) is 5. The van der Waals surface area contributed by atoms with Crippen molar-refractivity contribution >= 4 is 23.2 Å². The molecule has 7 nitrogen and oxygen atoms in total. The van der Waals surface area contributed by atoms with Crippen LogP contribution in [0.5, 0.6) is 5.75 Å². The first-order chi connectivity index (χ1) is 12.0. The molecule has 1 N–H and O–H groups in total. The van der Waals surface area contributed by atoms with Crippen LogP contribution in [0.1, 0.15) is 5.56 Å². The molecule has 3 aromatic rings. The summed E-state index contributed by atoms with van der Waals surface area (Å²) in [5, 5.41) is 13.8. The van der Waals surface area contributed by atoms with E-state index in [9.17, 15) is 9.18 Å². The molecule has 1 amide bonds. The molecule has 2 aromatic carbocycles. The van der Waals surface area contributed by atoms with Crippen molar-refractivity contribution in [2.45, 2.75) is 6.92 Å². The van der Waals surface area contributed by atoms with Gasteiger partial charge in [-0.25, -0.2) is 9.07 Å². The van der Waals surface area contributed by atoms with Crippen LogP contribution < -0.4 is 10.1 Å². The lowest BCUT2D eigenvalue weighted by Crippen LogP contribution is -2.20. The minimum Gasteiger partial charge on any atom is -0.482 e. The van der Waals surface area contributed by atoms with E-state index >= 15 is 0 Å². The number of nitrogens with zero attached hydrogens (tertiary/aromatic N) is 4. The van der Waals surface area contributed by atoms with E-state index in [0.29, 0.717) is 5.69 Å². The minimum atomic E-state index is -0.472. The average Bonchev–Trinajstić information content (AvgIpc) is 3.08. The quantitative estimate of drug-likeness (QED) is 0.755. The van der Waals surface area contributed by atoms with Gasteiger partial charge in [0.15, 0.2) is 6.61 Å². The highest BCUT2D eigenvalue weighted by molar-refractivity contribution is 6.32. The molecule has 1 heterocycles. The van der Waals surface area contributed by atoms with E-state index in [4.69, 9.17) is 16.3 Å². The zero-order valence-electron chi connectivity index (χ0n) is 13.1. The molecular formula is C16H13ClFN5O2. The van der Waals surface area contributed by atoms with E-state index in [1.165, 1.54) is 23.1 Å². The Morgan fingerprint density at radius 2 is 2.16 bits per heavy atom. The molecule has 128 valence electrons. The lowest BCUT2D eigenvalue weighted by atomic mass is 10.2. The maximum atomic E-state index is 13.0. The standard InChI is InChI=1S/C16H13ClFN5O2/c1-10-6-12(3-4-14(10)23-9-19-21-22-23)20-16(24)8-25-15-5-2-11(18)7-13(15)17/h2-7,9H,8H2,1H3,(H,20,24). The van der Waals surface area contributed by atoms with Crippen molar-refractivity contribution < 1.29 is 13.9 Å². The Morgan fingerprint density at radius 1 is 1.32 bits per heavy atom. The van der Waals surface area contributed by atoms with Crippen molar-refractivity contribution in [3.05, 3.63) is 59.1 Å². The van der Waals surface area contributed by atoms with Gasteiger partial charge in [0.2, 0.25) is 0 Å². The highest BCUT2D eigenvalue weighted by atomic mass is 35.5. The molecule has 0 saturated carbocycles. The Balaban J connectivity index is 1.62. The molecule has 0 bridgehead atoms. The predicted molar refractivity (Wildman–Crippen MR) is 89.4 cm³/mol. The largest absolute Gasteiger partial charge is 0.482 e. The van der Waals surface area contributed by atoms with E-state index < -0.39 is 5.82 Å².